The van der Waals surface area contributed by atoms with Crippen LogP contribution in [0.25, 0.3) is 11.0 Å². The second-order valence-electron chi connectivity index (χ2n) is 8.51. The van der Waals surface area contributed by atoms with Crippen molar-refractivity contribution in [2.75, 3.05) is 19.6 Å². The Hall–Kier alpha value is -2.32. The van der Waals surface area contributed by atoms with Gasteiger partial charge in [-0.3, -0.25) is 9.59 Å². The number of aromatic nitrogens is 1. The molecule has 33 heavy (non-hydrogen) atoms. The molecule has 1 aromatic carbocycles. The highest BCUT2D eigenvalue weighted by atomic mass is 32.2. The molecule has 1 N–H and O–H groups in total. The van der Waals surface area contributed by atoms with Crippen molar-refractivity contribution in [3.8, 4) is 0 Å². The Balaban J connectivity index is 1.42. The molecule has 8 heteroatoms. The number of thiazole rings is 1. The van der Waals surface area contributed by atoms with Crippen LogP contribution >= 0.6 is 23.1 Å². The molecule has 2 aromatic heterocycles. The zero-order valence-electron chi connectivity index (χ0n) is 19.3. The van der Waals surface area contributed by atoms with Crippen molar-refractivity contribution < 1.29 is 14.0 Å². The number of hydrogen-bond donors (Lipinski definition) is 1. The van der Waals surface area contributed by atoms with Gasteiger partial charge in [0.25, 0.3) is 5.91 Å². The van der Waals surface area contributed by atoms with Gasteiger partial charge < -0.3 is 14.6 Å². The van der Waals surface area contributed by atoms with E-state index in [9.17, 15) is 9.59 Å². The predicted molar refractivity (Wildman–Crippen MR) is 134 cm³/mol. The number of nitrogens with one attached hydrogen (secondary N) is 1. The molecule has 1 aliphatic heterocycles. The van der Waals surface area contributed by atoms with Crippen molar-refractivity contribution in [3.63, 3.8) is 0 Å². The largest absolute Gasteiger partial charge is 0.451 e. The molecule has 0 radical (unpaired) electrons. The topological polar surface area (TPSA) is 75.4 Å². The number of benzene rings is 1. The first-order valence-corrected chi connectivity index (χ1v) is 13.6. The van der Waals surface area contributed by atoms with Gasteiger partial charge in [0.2, 0.25) is 5.91 Å². The van der Waals surface area contributed by atoms with Crippen LogP contribution in [0.5, 0.6) is 0 Å². The van der Waals surface area contributed by atoms with Crippen LogP contribution in [-0.4, -0.2) is 41.3 Å². The zero-order valence-corrected chi connectivity index (χ0v) is 20.9. The lowest BCUT2D eigenvalue weighted by Gasteiger charge is -2.31. The van der Waals surface area contributed by atoms with Gasteiger partial charge in [0.05, 0.1) is 0 Å². The maximum atomic E-state index is 13.4. The summed E-state index contributed by atoms with van der Waals surface area (Å²) in [5, 5.41) is 6.06. The second-order valence-corrected chi connectivity index (χ2v) is 10.6. The van der Waals surface area contributed by atoms with E-state index in [0.717, 1.165) is 52.4 Å². The maximum Gasteiger partial charge on any atom is 0.289 e. The van der Waals surface area contributed by atoms with Crippen LogP contribution in [0.15, 0.2) is 38.4 Å². The molecule has 0 spiro atoms. The molecular formula is C25H31N3O3S2. The van der Waals surface area contributed by atoms with E-state index in [1.54, 1.807) is 23.1 Å². The average Bonchev–Trinajstić information content (AvgIpc) is 3.43. The second kappa shape index (κ2) is 11.2. The lowest BCUT2D eigenvalue weighted by atomic mass is 9.95. The number of rotatable bonds is 9. The smallest absolute Gasteiger partial charge is 0.289 e. The number of carbonyl (C=O) groups is 2. The third kappa shape index (κ3) is 5.79. The summed E-state index contributed by atoms with van der Waals surface area (Å²) in [5.74, 6) is 1.06. The summed E-state index contributed by atoms with van der Waals surface area (Å²) in [6, 6.07) is 7.81. The summed E-state index contributed by atoms with van der Waals surface area (Å²) in [6.07, 6.45) is 4.67. The Bertz CT molecular complexity index is 1100. The van der Waals surface area contributed by atoms with E-state index in [-0.39, 0.29) is 17.7 Å². The number of fused-ring (bicyclic) bond motifs is 1. The van der Waals surface area contributed by atoms with E-state index in [0.29, 0.717) is 37.4 Å². The Kier molecular flexibility index (Phi) is 8.09. The normalized spacial score (nSPS) is 14.7. The molecule has 0 unspecified atom stereocenters. The number of amides is 2. The highest BCUT2D eigenvalue weighted by Gasteiger charge is 2.31. The van der Waals surface area contributed by atoms with Crippen LogP contribution < -0.4 is 5.32 Å². The van der Waals surface area contributed by atoms with E-state index in [4.69, 9.17) is 4.42 Å². The van der Waals surface area contributed by atoms with E-state index in [2.05, 4.69) is 17.2 Å². The van der Waals surface area contributed by atoms with Crippen LogP contribution in [0.3, 0.4) is 0 Å². The number of unbranched alkanes of at least 4 members (excludes halogenated alkanes) is 2. The predicted octanol–water partition coefficient (Wildman–Crippen LogP) is 5.65. The van der Waals surface area contributed by atoms with Gasteiger partial charge in [-0.15, -0.1) is 11.3 Å². The molecule has 6 nitrogen and oxygen atoms in total. The van der Waals surface area contributed by atoms with Crippen LogP contribution in [0.2, 0.25) is 0 Å². The number of para-hydroxylation sites is 1. The third-order valence-corrected chi connectivity index (χ3v) is 8.23. The van der Waals surface area contributed by atoms with Crippen molar-refractivity contribution in [2.24, 2.45) is 5.92 Å². The molecule has 3 heterocycles. The number of aryl methyl sites for hydroxylation is 1. The number of furan rings is 1. The lowest BCUT2D eigenvalue weighted by Crippen LogP contribution is -2.43. The van der Waals surface area contributed by atoms with Crippen molar-refractivity contribution in [2.45, 2.75) is 56.0 Å². The number of nitrogens with zero attached hydrogens (tertiary/aromatic N) is 2. The van der Waals surface area contributed by atoms with Crippen molar-refractivity contribution in [1.82, 2.24) is 15.2 Å². The fourth-order valence-electron chi connectivity index (χ4n) is 4.17. The highest BCUT2D eigenvalue weighted by molar-refractivity contribution is 8.00. The minimum atomic E-state index is -0.0843. The molecule has 1 aliphatic rings. The van der Waals surface area contributed by atoms with E-state index < -0.39 is 0 Å². The number of hydrogen-bond acceptors (Lipinski definition) is 6. The van der Waals surface area contributed by atoms with Crippen molar-refractivity contribution in [3.05, 3.63) is 46.7 Å². The SMILES string of the molecule is CCCCCNC(=O)C1CCN(C(=O)c2oc3ccccc3c2CSc2nc(C)cs2)CC1. The number of thioether (sulfide) groups is 1. The standard InChI is InChI=1S/C25H31N3O3S2/c1-3-4-7-12-26-23(29)18-10-13-28(14-11-18)24(30)22-20(16-33-25-27-17(2)15-32-25)19-8-5-6-9-21(19)31-22/h5-6,8-9,15,18H,3-4,7,10-14,16H2,1-2H3,(H,26,29). The third-order valence-electron chi connectivity index (χ3n) is 6.06. The van der Waals surface area contributed by atoms with Crippen molar-refractivity contribution in [1.29, 1.82) is 0 Å². The molecule has 176 valence electrons. The van der Waals surface area contributed by atoms with Gasteiger partial charge in [-0.25, -0.2) is 4.98 Å². The first kappa shape index (κ1) is 23.8. The van der Waals surface area contributed by atoms with Crippen molar-refractivity contribution >= 4 is 45.9 Å². The minimum Gasteiger partial charge on any atom is -0.451 e. The monoisotopic (exact) mass is 485 g/mol. The average molecular weight is 486 g/mol. The summed E-state index contributed by atoms with van der Waals surface area (Å²) in [6.45, 7) is 6.02. The van der Waals surface area contributed by atoms with Gasteiger partial charge >= 0.3 is 0 Å². The molecule has 1 saturated heterocycles. The Labute approximate surface area is 203 Å². The fourth-order valence-corrected chi connectivity index (χ4v) is 6.04. The number of likely N-dealkylation sites (tertiary alicyclic amines) is 1. The molecule has 1 fully saturated rings. The lowest BCUT2D eigenvalue weighted by molar-refractivity contribution is -0.126. The highest BCUT2D eigenvalue weighted by Crippen LogP contribution is 2.34. The van der Waals surface area contributed by atoms with Crippen LogP contribution in [0.4, 0.5) is 0 Å². The first-order valence-electron chi connectivity index (χ1n) is 11.7. The van der Waals surface area contributed by atoms with E-state index in [1.165, 1.54) is 0 Å². The molecular weight excluding hydrogens is 454 g/mol. The van der Waals surface area contributed by atoms with Crippen LogP contribution in [0, 0.1) is 12.8 Å². The van der Waals surface area contributed by atoms with Gasteiger partial charge in [-0.2, -0.15) is 0 Å². The molecule has 0 saturated carbocycles. The summed E-state index contributed by atoms with van der Waals surface area (Å²) in [7, 11) is 0. The van der Waals surface area contributed by atoms with Gasteiger partial charge in [0.15, 0.2) is 5.76 Å². The fraction of sp³-hybridized carbons (Fsp3) is 0.480. The Morgan fingerprint density at radius 3 is 2.76 bits per heavy atom. The van der Waals surface area contributed by atoms with E-state index >= 15 is 0 Å². The van der Waals surface area contributed by atoms with Gasteiger partial charge in [0.1, 0.15) is 9.92 Å². The van der Waals surface area contributed by atoms with Gasteiger partial charge in [-0.05, 0) is 32.3 Å². The molecule has 0 atom stereocenters. The minimum absolute atomic E-state index is 0.0190. The van der Waals surface area contributed by atoms with Crippen LogP contribution in [0.1, 0.15) is 60.8 Å². The first-order chi connectivity index (χ1) is 16.1. The van der Waals surface area contributed by atoms with Gasteiger partial charge in [-0.1, -0.05) is 49.7 Å². The molecule has 4 rings (SSSR count). The Morgan fingerprint density at radius 2 is 2.03 bits per heavy atom. The molecule has 0 bridgehead atoms. The molecule has 3 aromatic rings. The Morgan fingerprint density at radius 1 is 1.24 bits per heavy atom. The summed E-state index contributed by atoms with van der Waals surface area (Å²) < 4.78 is 7.05. The van der Waals surface area contributed by atoms with Crippen LogP contribution in [-0.2, 0) is 10.5 Å². The molecule has 0 aliphatic carbocycles. The van der Waals surface area contributed by atoms with E-state index in [1.807, 2.05) is 41.5 Å². The number of carbonyl (C=O) groups excluding carboxylic acids is 2. The number of piperidine rings is 1. The maximum absolute atomic E-state index is 13.4. The molecule has 2 amide bonds. The zero-order chi connectivity index (χ0) is 23.2. The quantitative estimate of drug-likeness (QED) is 0.313. The summed E-state index contributed by atoms with van der Waals surface area (Å²) in [5.41, 5.74) is 2.66. The van der Waals surface area contributed by atoms with Gasteiger partial charge in [0, 0.05) is 53.3 Å². The summed E-state index contributed by atoms with van der Waals surface area (Å²) in [4.78, 5) is 32.3. The summed E-state index contributed by atoms with van der Waals surface area (Å²) >= 11 is 3.25.